The van der Waals surface area contributed by atoms with Crippen molar-refractivity contribution < 1.29 is 9.53 Å². The number of carbonyl (C=O) groups excluding carboxylic acids is 1. The van der Waals surface area contributed by atoms with Gasteiger partial charge in [0, 0.05) is 18.7 Å². The summed E-state index contributed by atoms with van der Waals surface area (Å²) in [7, 11) is 4.04. The highest BCUT2D eigenvalue weighted by Gasteiger charge is 2.37. The lowest BCUT2D eigenvalue weighted by Gasteiger charge is -2.42. The fourth-order valence-electron chi connectivity index (χ4n) is 3.66. The van der Waals surface area contributed by atoms with Gasteiger partial charge in [-0.05, 0) is 37.9 Å². The van der Waals surface area contributed by atoms with Crippen molar-refractivity contribution >= 4 is 16.9 Å². The highest BCUT2D eigenvalue weighted by Crippen LogP contribution is 2.31. The maximum absolute atomic E-state index is 13.4. The minimum absolute atomic E-state index is 0.0131. The van der Waals surface area contributed by atoms with Gasteiger partial charge in [-0.3, -0.25) is 4.79 Å². The number of nitrogens with one attached hydrogen (secondary N) is 1. The van der Waals surface area contributed by atoms with Crippen molar-refractivity contribution in [3.63, 3.8) is 0 Å². The van der Waals surface area contributed by atoms with Crippen LogP contribution in [0, 0.1) is 0 Å². The van der Waals surface area contributed by atoms with Gasteiger partial charge in [0.05, 0.1) is 18.8 Å². The smallest absolute Gasteiger partial charge is 0.254 e. The third-order valence-electron chi connectivity index (χ3n) is 4.86. The predicted molar refractivity (Wildman–Crippen MR) is 102 cm³/mol. The number of hydrogen-bond donors (Lipinski definition) is 1. The summed E-state index contributed by atoms with van der Waals surface area (Å²) < 4.78 is 6.07. The first-order valence-corrected chi connectivity index (χ1v) is 9.06. The Labute approximate surface area is 157 Å². The molecule has 2 heterocycles. The third kappa shape index (κ3) is 3.56. The van der Waals surface area contributed by atoms with E-state index in [4.69, 9.17) is 4.74 Å². The van der Waals surface area contributed by atoms with Gasteiger partial charge >= 0.3 is 0 Å². The van der Waals surface area contributed by atoms with Crippen LogP contribution in [0.2, 0.25) is 0 Å². The van der Waals surface area contributed by atoms with E-state index in [-0.39, 0.29) is 18.1 Å². The van der Waals surface area contributed by atoms with E-state index >= 15 is 0 Å². The first-order chi connectivity index (χ1) is 13.1. The highest BCUT2D eigenvalue weighted by molar-refractivity contribution is 5.97. The minimum Gasteiger partial charge on any atom is -0.373 e. The lowest BCUT2D eigenvalue weighted by Crippen LogP contribution is -2.51. The summed E-state index contributed by atoms with van der Waals surface area (Å²) in [5.74, 6) is -0.0131. The molecule has 1 amide bonds. The van der Waals surface area contributed by atoms with Gasteiger partial charge in [0.25, 0.3) is 5.91 Å². The molecule has 1 fully saturated rings. The molecule has 0 aliphatic carbocycles. The number of amides is 1. The Morgan fingerprint density at radius 2 is 1.96 bits per heavy atom. The first-order valence-electron chi connectivity index (χ1n) is 9.06. The van der Waals surface area contributed by atoms with E-state index in [1.165, 1.54) is 0 Å². The van der Waals surface area contributed by atoms with Gasteiger partial charge < -0.3 is 14.5 Å². The number of aromatic nitrogens is 3. The molecule has 2 atom stereocenters. The summed E-state index contributed by atoms with van der Waals surface area (Å²) in [6.45, 7) is 1.82. The Morgan fingerprint density at radius 1 is 1.19 bits per heavy atom. The SMILES string of the molecule is CN(C)C[C@@H]1OCCN(C(=O)c2ccc3n[nH]nc3c2)[C@H]1c1ccccc1. The molecule has 7 nitrogen and oxygen atoms in total. The van der Waals surface area contributed by atoms with Crippen LogP contribution in [-0.2, 0) is 4.74 Å². The highest BCUT2D eigenvalue weighted by atomic mass is 16.5. The largest absolute Gasteiger partial charge is 0.373 e. The normalized spacial score (nSPS) is 20.3. The number of aromatic amines is 1. The second kappa shape index (κ2) is 7.46. The molecule has 7 heteroatoms. The van der Waals surface area contributed by atoms with Crippen molar-refractivity contribution in [3.05, 3.63) is 59.7 Å². The topological polar surface area (TPSA) is 74.3 Å². The van der Waals surface area contributed by atoms with Crippen LogP contribution in [-0.4, -0.2) is 71.0 Å². The number of nitrogens with zero attached hydrogens (tertiary/aromatic N) is 4. The molecule has 1 N–H and O–H groups in total. The van der Waals surface area contributed by atoms with Gasteiger partial charge in [-0.25, -0.2) is 0 Å². The Bertz CT molecular complexity index is 924. The molecule has 2 aromatic carbocycles. The molecule has 0 radical (unpaired) electrons. The maximum atomic E-state index is 13.4. The number of likely N-dealkylation sites (N-methyl/N-ethyl adjacent to an activating group) is 1. The minimum atomic E-state index is -0.136. The summed E-state index contributed by atoms with van der Waals surface area (Å²) >= 11 is 0. The van der Waals surface area contributed by atoms with Crippen LogP contribution in [0.3, 0.4) is 0 Å². The molecule has 0 bridgehead atoms. The van der Waals surface area contributed by atoms with Gasteiger partial charge in [0.2, 0.25) is 0 Å². The van der Waals surface area contributed by atoms with E-state index in [2.05, 4.69) is 32.4 Å². The Kier molecular flexibility index (Phi) is 4.87. The molecule has 1 aliphatic rings. The molecule has 0 saturated carbocycles. The fourth-order valence-corrected chi connectivity index (χ4v) is 3.66. The number of benzene rings is 2. The van der Waals surface area contributed by atoms with Gasteiger partial charge in [0.15, 0.2) is 0 Å². The number of hydrogen-bond acceptors (Lipinski definition) is 5. The molecule has 1 aliphatic heterocycles. The van der Waals surface area contributed by atoms with Crippen molar-refractivity contribution in [1.29, 1.82) is 0 Å². The zero-order valence-electron chi connectivity index (χ0n) is 15.5. The predicted octanol–water partition coefficient (Wildman–Crippen LogP) is 2.10. The number of rotatable bonds is 4. The molecule has 1 aromatic heterocycles. The Morgan fingerprint density at radius 3 is 2.74 bits per heavy atom. The van der Waals surface area contributed by atoms with Crippen LogP contribution in [0.25, 0.3) is 11.0 Å². The third-order valence-corrected chi connectivity index (χ3v) is 4.86. The number of fused-ring (bicyclic) bond motifs is 1. The molecular weight excluding hydrogens is 342 g/mol. The van der Waals surface area contributed by atoms with Crippen LogP contribution in [0.5, 0.6) is 0 Å². The molecule has 4 rings (SSSR count). The first kappa shape index (κ1) is 17.6. The molecule has 140 valence electrons. The van der Waals surface area contributed by atoms with E-state index in [9.17, 15) is 4.79 Å². The van der Waals surface area contributed by atoms with Crippen LogP contribution >= 0.6 is 0 Å². The molecular formula is C20H23N5O2. The van der Waals surface area contributed by atoms with Gasteiger partial charge in [0.1, 0.15) is 11.0 Å². The van der Waals surface area contributed by atoms with Crippen LogP contribution in [0.15, 0.2) is 48.5 Å². The standard InChI is InChI=1S/C20H23N5O2/c1-24(2)13-18-19(14-6-4-3-5-7-14)25(10-11-27-18)20(26)15-8-9-16-17(12-15)22-23-21-16/h3-9,12,18-19H,10-11,13H2,1-2H3,(H,21,22,23)/t18-,19-/m0/s1. The lowest BCUT2D eigenvalue weighted by molar-refractivity contribution is -0.0684. The van der Waals surface area contributed by atoms with Gasteiger partial charge in [-0.2, -0.15) is 15.4 Å². The zero-order valence-corrected chi connectivity index (χ0v) is 15.5. The van der Waals surface area contributed by atoms with Crippen LogP contribution < -0.4 is 0 Å². The molecule has 1 saturated heterocycles. The average Bonchev–Trinajstić information content (AvgIpc) is 3.15. The summed E-state index contributed by atoms with van der Waals surface area (Å²) in [5.41, 5.74) is 3.14. The number of morpholine rings is 1. The lowest BCUT2D eigenvalue weighted by atomic mass is 9.96. The van der Waals surface area contributed by atoms with E-state index < -0.39 is 0 Å². The number of H-pyrrole nitrogens is 1. The molecule has 27 heavy (non-hydrogen) atoms. The second-order valence-electron chi connectivity index (χ2n) is 7.05. The molecule has 0 spiro atoms. The van der Waals surface area contributed by atoms with Gasteiger partial charge in [-0.1, -0.05) is 30.3 Å². The van der Waals surface area contributed by atoms with E-state index in [0.29, 0.717) is 24.2 Å². The number of ether oxygens (including phenoxy) is 1. The van der Waals surface area contributed by atoms with E-state index in [1.54, 1.807) is 6.07 Å². The van der Waals surface area contributed by atoms with Crippen molar-refractivity contribution in [2.75, 3.05) is 33.8 Å². The molecule has 0 unspecified atom stereocenters. The van der Waals surface area contributed by atoms with E-state index in [1.807, 2.05) is 49.3 Å². The quantitative estimate of drug-likeness (QED) is 0.766. The van der Waals surface area contributed by atoms with Crippen molar-refractivity contribution in [2.24, 2.45) is 0 Å². The van der Waals surface area contributed by atoms with Crippen molar-refractivity contribution in [3.8, 4) is 0 Å². The average molecular weight is 365 g/mol. The number of carbonyl (C=O) groups is 1. The summed E-state index contributed by atoms with van der Waals surface area (Å²) in [6.07, 6.45) is -0.0871. The summed E-state index contributed by atoms with van der Waals surface area (Å²) in [6, 6.07) is 15.4. The monoisotopic (exact) mass is 365 g/mol. The zero-order chi connectivity index (χ0) is 18.8. The Hall–Kier alpha value is -2.77. The summed E-state index contributed by atoms with van der Waals surface area (Å²) in [5, 5.41) is 10.7. The maximum Gasteiger partial charge on any atom is 0.254 e. The van der Waals surface area contributed by atoms with E-state index in [0.717, 1.165) is 17.6 Å². The van der Waals surface area contributed by atoms with Crippen molar-refractivity contribution in [2.45, 2.75) is 12.1 Å². The van der Waals surface area contributed by atoms with Crippen LogP contribution in [0.4, 0.5) is 0 Å². The fraction of sp³-hybridized carbons (Fsp3) is 0.350. The van der Waals surface area contributed by atoms with Crippen molar-refractivity contribution in [1.82, 2.24) is 25.2 Å². The van der Waals surface area contributed by atoms with Crippen LogP contribution in [0.1, 0.15) is 22.0 Å². The second-order valence-corrected chi connectivity index (χ2v) is 7.05. The molecule has 3 aromatic rings. The Balaban J connectivity index is 1.70. The van der Waals surface area contributed by atoms with Gasteiger partial charge in [-0.15, -0.1) is 0 Å². The summed E-state index contributed by atoms with van der Waals surface area (Å²) in [4.78, 5) is 17.4.